The Morgan fingerprint density at radius 2 is 1.73 bits per heavy atom. The molecule has 1 saturated heterocycles. The van der Waals surface area contributed by atoms with Crippen molar-refractivity contribution in [3.8, 4) is 0 Å². The molecule has 0 atom stereocenters. The van der Waals surface area contributed by atoms with E-state index in [9.17, 15) is 18.0 Å². The minimum Gasteiger partial charge on any atom is -0.336 e. The number of primary sulfonamides is 1. The number of carbonyl (C=O) groups excluding carboxylic acids is 2. The average molecular weight is 451 g/mol. The van der Waals surface area contributed by atoms with Gasteiger partial charge in [-0.3, -0.25) is 14.5 Å². The maximum atomic E-state index is 12.6. The van der Waals surface area contributed by atoms with E-state index in [1.165, 1.54) is 18.2 Å². The molecule has 3 rings (SSSR count). The number of carbonyl (C=O) groups is 2. The molecule has 1 aliphatic rings. The number of nitrogens with zero attached hydrogens (tertiary/aromatic N) is 2. The van der Waals surface area contributed by atoms with E-state index in [-0.39, 0.29) is 23.1 Å². The van der Waals surface area contributed by atoms with Crippen LogP contribution < -0.4 is 10.5 Å². The first kappa shape index (κ1) is 22.2. The van der Waals surface area contributed by atoms with E-state index in [0.717, 1.165) is 0 Å². The zero-order valence-electron chi connectivity index (χ0n) is 16.3. The summed E-state index contributed by atoms with van der Waals surface area (Å²) >= 11 is 5.96. The third-order valence-electron chi connectivity index (χ3n) is 4.83. The molecule has 0 aliphatic carbocycles. The van der Waals surface area contributed by atoms with Crippen molar-refractivity contribution in [3.63, 3.8) is 0 Å². The molecule has 160 valence electrons. The first-order valence-electron chi connectivity index (χ1n) is 9.42. The van der Waals surface area contributed by atoms with Crippen LogP contribution in [0.15, 0.2) is 53.4 Å². The van der Waals surface area contributed by atoms with Crippen LogP contribution in [0.5, 0.6) is 0 Å². The summed E-state index contributed by atoms with van der Waals surface area (Å²) in [5.74, 6) is -0.274. The van der Waals surface area contributed by atoms with E-state index >= 15 is 0 Å². The zero-order valence-corrected chi connectivity index (χ0v) is 17.8. The molecule has 0 unspecified atom stereocenters. The topological polar surface area (TPSA) is 113 Å². The Bertz CT molecular complexity index is 1040. The van der Waals surface area contributed by atoms with Crippen molar-refractivity contribution in [2.45, 2.75) is 11.3 Å². The van der Waals surface area contributed by atoms with Gasteiger partial charge in [-0.1, -0.05) is 23.7 Å². The quantitative estimate of drug-likeness (QED) is 0.696. The van der Waals surface area contributed by atoms with Crippen molar-refractivity contribution in [2.24, 2.45) is 5.14 Å². The van der Waals surface area contributed by atoms with Crippen LogP contribution in [0.2, 0.25) is 5.02 Å². The fourth-order valence-corrected chi connectivity index (χ4v) is 3.96. The smallest absolute Gasteiger partial charge is 0.253 e. The highest BCUT2D eigenvalue weighted by atomic mass is 35.5. The molecule has 0 saturated carbocycles. The highest BCUT2D eigenvalue weighted by Crippen LogP contribution is 2.16. The summed E-state index contributed by atoms with van der Waals surface area (Å²) in [5.41, 5.74) is 0.945. The fourth-order valence-electron chi connectivity index (χ4n) is 3.21. The largest absolute Gasteiger partial charge is 0.336 e. The van der Waals surface area contributed by atoms with Gasteiger partial charge in [-0.25, -0.2) is 13.6 Å². The van der Waals surface area contributed by atoms with Crippen LogP contribution in [0.3, 0.4) is 0 Å². The lowest BCUT2D eigenvalue weighted by molar-refractivity contribution is -0.116. The molecule has 0 bridgehead atoms. The fraction of sp³-hybridized carbons (Fsp3) is 0.300. The summed E-state index contributed by atoms with van der Waals surface area (Å²) in [6.45, 7) is 3.02. The van der Waals surface area contributed by atoms with Crippen LogP contribution in [0.4, 0.5) is 5.69 Å². The molecule has 1 fully saturated rings. The average Bonchev–Trinajstić information content (AvgIpc) is 2.72. The standard InChI is InChI=1S/C20H23ClN4O4S/c21-16-4-1-3-15(13-16)20(27)25-11-9-24(10-12-25)8-7-19(26)23-17-5-2-6-18(14-17)30(22,28)29/h1-6,13-14H,7-12H2,(H,23,26)(H2,22,28,29). The highest BCUT2D eigenvalue weighted by molar-refractivity contribution is 7.89. The van der Waals surface area contributed by atoms with Crippen LogP contribution in [0.1, 0.15) is 16.8 Å². The molecule has 1 heterocycles. The summed E-state index contributed by atoms with van der Waals surface area (Å²) in [5, 5.41) is 8.32. The minimum atomic E-state index is -3.82. The summed E-state index contributed by atoms with van der Waals surface area (Å²) < 4.78 is 22.8. The molecule has 2 aromatic rings. The van der Waals surface area contributed by atoms with Gasteiger partial charge in [0.25, 0.3) is 5.91 Å². The lowest BCUT2D eigenvalue weighted by Gasteiger charge is -2.34. The van der Waals surface area contributed by atoms with Crippen molar-refractivity contribution in [1.29, 1.82) is 0 Å². The van der Waals surface area contributed by atoms with Crippen molar-refractivity contribution < 1.29 is 18.0 Å². The Morgan fingerprint density at radius 1 is 1.03 bits per heavy atom. The second-order valence-corrected chi connectivity index (χ2v) is 9.01. The second-order valence-electron chi connectivity index (χ2n) is 7.02. The van der Waals surface area contributed by atoms with Crippen molar-refractivity contribution in [3.05, 3.63) is 59.1 Å². The van der Waals surface area contributed by atoms with Crippen LogP contribution in [-0.4, -0.2) is 62.8 Å². The third kappa shape index (κ3) is 6.02. The SMILES string of the molecule is NS(=O)(=O)c1cccc(NC(=O)CCN2CCN(C(=O)c3cccc(Cl)c3)CC2)c1. The van der Waals surface area contributed by atoms with Crippen LogP contribution in [0.25, 0.3) is 0 Å². The van der Waals surface area contributed by atoms with Gasteiger partial charge in [-0.2, -0.15) is 0 Å². The van der Waals surface area contributed by atoms with Crippen molar-refractivity contribution >= 4 is 39.1 Å². The summed E-state index contributed by atoms with van der Waals surface area (Å²) in [4.78, 5) is 28.6. The van der Waals surface area contributed by atoms with Gasteiger partial charge in [-0.15, -0.1) is 0 Å². The van der Waals surface area contributed by atoms with Gasteiger partial charge in [0.1, 0.15) is 0 Å². The number of hydrogen-bond acceptors (Lipinski definition) is 5. The molecule has 30 heavy (non-hydrogen) atoms. The van der Waals surface area contributed by atoms with Gasteiger partial charge < -0.3 is 10.2 Å². The Labute approximate surface area is 180 Å². The first-order valence-corrected chi connectivity index (χ1v) is 11.3. The van der Waals surface area contributed by atoms with Gasteiger partial charge in [0.2, 0.25) is 15.9 Å². The second kappa shape index (κ2) is 9.57. The molecule has 1 aliphatic heterocycles. The predicted molar refractivity (Wildman–Crippen MR) is 115 cm³/mol. The zero-order chi connectivity index (χ0) is 21.7. The molecular formula is C20H23ClN4O4S. The molecule has 8 nitrogen and oxygen atoms in total. The molecule has 2 aromatic carbocycles. The van der Waals surface area contributed by atoms with E-state index in [4.69, 9.17) is 16.7 Å². The van der Waals surface area contributed by atoms with Crippen molar-refractivity contribution in [1.82, 2.24) is 9.80 Å². The summed E-state index contributed by atoms with van der Waals surface area (Å²) in [6.07, 6.45) is 0.252. The molecule has 2 amide bonds. The first-order chi connectivity index (χ1) is 14.2. The van der Waals surface area contributed by atoms with E-state index in [1.54, 1.807) is 35.2 Å². The van der Waals surface area contributed by atoms with E-state index < -0.39 is 10.0 Å². The Hall–Kier alpha value is -2.46. The normalized spacial score (nSPS) is 15.1. The van der Waals surface area contributed by atoms with Gasteiger partial charge in [0.15, 0.2) is 0 Å². The monoisotopic (exact) mass is 450 g/mol. The van der Waals surface area contributed by atoms with E-state index in [2.05, 4.69) is 10.2 Å². The van der Waals surface area contributed by atoms with Crippen LogP contribution in [0, 0.1) is 0 Å². The molecule has 10 heteroatoms. The lowest BCUT2D eigenvalue weighted by atomic mass is 10.2. The molecule has 0 radical (unpaired) electrons. The Morgan fingerprint density at radius 3 is 2.40 bits per heavy atom. The minimum absolute atomic E-state index is 0.0513. The molecule has 0 spiro atoms. The number of amides is 2. The Kier molecular flexibility index (Phi) is 7.09. The summed E-state index contributed by atoms with van der Waals surface area (Å²) in [7, 11) is -3.82. The summed E-state index contributed by atoms with van der Waals surface area (Å²) in [6, 6.07) is 12.7. The number of halogens is 1. The number of nitrogens with two attached hydrogens (primary N) is 1. The van der Waals surface area contributed by atoms with Crippen LogP contribution in [-0.2, 0) is 14.8 Å². The number of hydrogen-bond donors (Lipinski definition) is 2. The van der Waals surface area contributed by atoms with E-state index in [0.29, 0.717) is 49.0 Å². The molecule has 0 aromatic heterocycles. The molecular weight excluding hydrogens is 428 g/mol. The van der Waals surface area contributed by atoms with Gasteiger partial charge in [-0.05, 0) is 36.4 Å². The third-order valence-corrected chi connectivity index (χ3v) is 5.98. The number of rotatable bonds is 6. The lowest BCUT2D eigenvalue weighted by Crippen LogP contribution is -2.49. The predicted octanol–water partition coefficient (Wildman–Crippen LogP) is 1.77. The number of nitrogens with one attached hydrogen (secondary N) is 1. The maximum absolute atomic E-state index is 12.6. The van der Waals surface area contributed by atoms with Crippen LogP contribution >= 0.6 is 11.6 Å². The van der Waals surface area contributed by atoms with E-state index in [1.807, 2.05) is 0 Å². The van der Waals surface area contributed by atoms with Gasteiger partial charge in [0.05, 0.1) is 4.90 Å². The number of anilines is 1. The van der Waals surface area contributed by atoms with Crippen molar-refractivity contribution in [2.75, 3.05) is 38.0 Å². The maximum Gasteiger partial charge on any atom is 0.253 e. The van der Waals surface area contributed by atoms with Gasteiger partial charge >= 0.3 is 0 Å². The number of piperazine rings is 1. The highest BCUT2D eigenvalue weighted by Gasteiger charge is 2.22. The molecule has 3 N–H and O–H groups in total. The van der Waals surface area contributed by atoms with Gasteiger partial charge in [0, 0.05) is 55.4 Å². The number of sulfonamides is 1. The Balaban J connectivity index is 1.45. The number of benzene rings is 2.